The Labute approximate surface area is 112 Å². The predicted octanol–water partition coefficient (Wildman–Crippen LogP) is 2.01. The largest absolute Gasteiger partial charge is 0.322 e. The highest BCUT2D eigenvalue weighted by Crippen LogP contribution is 2.22. The number of para-hydroxylation sites is 1. The van der Waals surface area contributed by atoms with Gasteiger partial charge in [-0.15, -0.1) is 0 Å². The molecule has 5 nitrogen and oxygen atoms in total. The van der Waals surface area contributed by atoms with Crippen molar-refractivity contribution >= 4 is 11.6 Å². The zero-order valence-electron chi connectivity index (χ0n) is 10.9. The van der Waals surface area contributed by atoms with Crippen molar-refractivity contribution in [3.8, 4) is 0 Å². The molecule has 2 rings (SSSR count). The first-order valence-corrected chi connectivity index (χ1v) is 6.05. The van der Waals surface area contributed by atoms with Gasteiger partial charge < -0.3 is 10.6 Å². The van der Waals surface area contributed by atoms with Crippen molar-refractivity contribution in [1.29, 1.82) is 0 Å². The molecule has 0 aliphatic carbocycles. The highest BCUT2D eigenvalue weighted by molar-refractivity contribution is 6.04. The molecule has 2 N–H and O–H groups in total. The van der Waals surface area contributed by atoms with Crippen LogP contribution in [0.3, 0.4) is 0 Å². The lowest BCUT2D eigenvalue weighted by atomic mass is 10.1. The van der Waals surface area contributed by atoms with E-state index in [0.717, 1.165) is 11.3 Å². The van der Waals surface area contributed by atoms with Gasteiger partial charge in [0.2, 0.25) is 0 Å². The van der Waals surface area contributed by atoms with Gasteiger partial charge in [0.05, 0.1) is 5.56 Å². The summed E-state index contributed by atoms with van der Waals surface area (Å²) in [7, 11) is 1.88. The average Bonchev–Trinajstić information content (AvgIpc) is 2.48. The lowest BCUT2D eigenvalue weighted by Crippen LogP contribution is -2.18. The van der Waals surface area contributed by atoms with Gasteiger partial charge in [0.15, 0.2) is 0 Å². The Kier molecular flexibility index (Phi) is 4.20. The Bertz CT molecular complexity index is 556. The number of hydrogen-bond donors (Lipinski definition) is 2. The van der Waals surface area contributed by atoms with Crippen molar-refractivity contribution in [2.75, 3.05) is 12.4 Å². The van der Waals surface area contributed by atoms with Crippen LogP contribution in [0.15, 0.2) is 43.0 Å². The Morgan fingerprint density at radius 1 is 1.21 bits per heavy atom. The standard InChI is InChI=1S/C14H16N4O/c1-10(15-2)12-5-3-4-6-13(12)18-14(19)11-7-16-9-17-8-11/h3-10,15H,1-2H3,(H,18,19). The third-order valence-corrected chi connectivity index (χ3v) is 2.93. The number of hydrogen-bond acceptors (Lipinski definition) is 4. The summed E-state index contributed by atoms with van der Waals surface area (Å²) in [5.74, 6) is -0.212. The summed E-state index contributed by atoms with van der Waals surface area (Å²) in [6, 6.07) is 7.86. The van der Waals surface area contributed by atoms with E-state index in [1.807, 2.05) is 38.2 Å². The molecule has 1 amide bonds. The highest BCUT2D eigenvalue weighted by atomic mass is 16.1. The molecule has 5 heteroatoms. The first-order valence-electron chi connectivity index (χ1n) is 6.05. The molecule has 1 aromatic heterocycles. The van der Waals surface area contributed by atoms with Crippen molar-refractivity contribution < 1.29 is 4.79 Å². The van der Waals surface area contributed by atoms with Crippen LogP contribution in [-0.2, 0) is 0 Å². The number of carbonyl (C=O) groups is 1. The third kappa shape index (κ3) is 3.14. The van der Waals surface area contributed by atoms with Gasteiger partial charge >= 0.3 is 0 Å². The van der Waals surface area contributed by atoms with E-state index >= 15 is 0 Å². The van der Waals surface area contributed by atoms with Gasteiger partial charge in [-0.3, -0.25) is 4.79 Å². The van der Waals surface area contributed by atoms with Gasteiger partial charge in [0, 0.05) is 24.1 Å². The smallest absolute Gasteiger partial charge is 0.258 e. The number of nitrogens with zero attached hydrogens (tertiary/aromatic N) is 2. The summed E-state index contributed by atoms with van der Waals surface area (Å²) in [5, 5.41) is 6.04. The Hall–Kier alpha value is -2.27. The zero-order valence-corrected chi connectivity index (χ0v) is 10.9. The van der Waals surface area contributed by atoms with E-state index in [0.29, 0.717) is 5.56 Å². The highest BCUT2D eigenvalue weighted by Gasteiger charge is 2.12. The van der Waals surface area contributed by atoms with E-state index in [1.54, 1.807) is 0 Å². The molecule has 0 radical (unpaired) electrons. The second-order valence-electron chi connectivity index (χ2n) is 4.18. The number of benzene rings is 1. The van der Waals surface area contributed by atoms with E-state index < -0.39 is 0 Å². The molecule has 2 aromatic rings. The molecule has 1 atom stereocenters. The molecule has 0 bridgehead atoms. The molecule has 0 saturated carbocycles. The second kappa shape index (κ2) is 6.06. The third-order valence-electron chi connectivity index (χ3n) is 2.93. The van der Waals surface area contributed by atoms with Crippen molar-refractivity contribution in [2.45, 2.75) is 13.0 Å². The lowest BCUT2D eigenvalue weighted by Gasteiger charge is -2.16. The number of nitrogens with one attached hydrogen (secondary N) is 2. The van der Waals surface area contributed by atoms with Crippen LogP contribution in [0.5, 0.6) is 0 Å². The number of anilines is 1. The molecule has 19 heavy (non-hydrogen) atoms. The summed E-state index contributed by atoms with van der Waals surface area (Å²) in [6.07, 6.45) is 4.38. The van der Waals surface area contributed by atoms with Crippen molar-refractivity contribution in [1.82, 2.24) is 15.3 Å². The van der Waals surface area contributed by atoms with Crippen molar-refractivity contribution in [2.24, 2.45) is 0 Å². The van der Waals surface area contributed by atoms with Crippen LogP contribution >= 0.6 is 0 Å². The fourth-order valence-corrected chi connectivity index (χ4v) is 1.75. The minimum Gasteiger partial charge on any atom is -0.322 e. The molecule has 0 aliphatic rings. The molecule has 1 heterocycles. The van der Waals surface area contributed by atoms with Crippen LogP contribution in [0.25, 0.3) is 0 Å². The Morgan fingerprint density at radius 3 is 2.58 bits per heavy atom. The summed E-state index contributed by atoms with van der Waals surface area (Å²) in [6.45, 7) is 2.04. The molecule has 0 spiro atoms. The monoisotopic (exact) mass is 256 g/mol. The fourth-order valence-electron chi connectivity index (χ4n) is 1.75. The van der Waals surface area contributed by atoms with Crippen LogP contribution < -0.4 is 10.6 Å². The molecule has 1 unspecified atom stereocenters. The van der Waals surface area contributed by atoms with Crippen LogP contribution in [0.4, 0.5) is 5.69 Å². The molecule has 0 fully saturated rings. The summed E-state index contributed by atoms with van der Waals surface area (Å²) in [4.78, 5) is 19.7. The first-order chi connectivity index (χ1) is 9.22. The quantitative estimate of drug-likeness (QED) is 0.878. The van der Waals surface area contributed by atoms with Crippen molar-refractivity contribution in [3.63, 3.8) is 0 Å². The minimum absolute atomic E-state index is 0.156. The second-order valence-corrected chi connectivity index (χ2v) is 4.18. The summed E-state index contributed by atoms with van der Waals surface area (Å²) >= 11 is 0. The van der Waals surface area contributed by atoms with E-state index in [9.17, 15) is 4.79 Å². The average molecular weight is 256 g/mol. The molecular weight excluding hydrogens is 240 g/mol. The van der Waals surface area contributed by atoms with Gasteiger partial charge in [-0.1, -0.05) is 18.2 Å². The molecule has 98 valence electrons. The van der Waals surface area contributed by atoms with Gasteiger partial charge in [0.25, 0.3) is 5.91 Å². The fraction of sp³-hybridized carbons (Fsp3) is 0.214. The van der Waals surface area contributed by atoms with Gasteiger partial charge in [-0.25, -0.2) is 9.97 Å². The van der Waals surface area contributed by atoms with E-state index in [2.05, 4.69) is 20.6 Å². The maximum Gasteiger partial charge on any atom is 0.258 e. The maximum atomic E-state index is 12.1. The normalized spacial score (nSPS) is 11.9. The molecular formula is C14H16N4O. The number of amides is 1. The van der Waals surface area contributed by atoms with Crippen molar-refractivity contribution in [3.05, 3.63) is 54.1 Å². The van der Waals surface area contributed by atoms with Crippen LogP contribution in [0.1, 0.15) is 28.9 Å². The van der Waals surface area contributed by atoms with Gasteiger partial charge in [0.1, 0.15) is 6.33 Å². The summed E-state index contributed by atoms with van der Waals surface area (Å²) < 4.78 is 0. The molecule has 0 aliphatic heterocycles. The van der Waals surface area contributed by atoms with Crippen LogP contribution in [0, 0.1) is 0 Å². The Balaban J connectivity index is 2.22. The SMILES string of the molecule is CNC(C)c1ccccc1NC(=O)c1cncnc1. The predicted molar refractivity (Wildman–Crippen MR) is 73.9 cm³/mol. The van der Waals surface area contributed by atoms with E-state index in [1.165, 1.54) is 18.7 Å². The maximum absolute atomic E-state index is 12.1. The number of carbonyl (C=O) groups excluding carboxylic acids is 1. The van der Waals surface area contributed by atoms with Gasteiger partial charge in [-0.2, -0.15) is 0 Å². The van der Waals surface area contributed by atoms with Gasteiger partial charge in [-0.05, 0) is 25.6 Å². The summed E-state index contributed by atoms with van der Waals surface area (Å²) in [5.41, 5.74) is 2.27. The zero-order chi connectivity index (χ0) is 13.7. The first kappa shape index (κ1) is 13.2. The minimum atomic E-state index is -0.212. The molecule has 1 aromatic carbocycles. The van der Waals surface area contributed by atoms with Crippen LogP contribution in [0.2, 0.25) is 0 Å². The lowest BCUT2D eigenvalue weighted by molar-refractivity contribution is 0.102. The van der Waals surface area contributed by atoms with E-state index in [4.69, 9.17) is 0 Å². The topological polar surface area (TPSA) is 66.9 Å². The van der Waals surface area contributed by atoms with Crippen LogP contribution in [-0.4, -0.2) is 22.9 Å². The van der Waals surface area contributed by atoms with E-state index in [-0.39, 0.29) is 11.9 Å². The number of rotatable bonds is 4. The Morgan fingerprint density at radius 2 is 1.89 bits per heavy atom. The number of aromatic nitrogens is 2. The molecule has 0 saturated heterocycles.